The van der Waals surface area contributed by atoms with Gasteiger partial charge >= 0.3 is 5.97 Å². The molecular weight excluding hydrogens is 212 g/mol. The molecule has 0 aliphatic carbocycles. The second kappa shape index (κ2) is 5.48. The van der Waals surface area contributed by atoms with Gasteiger partial charge in [0.05, 0.1) is 18.2 Å². The third-order valence-corrected chi connectivity index (χ3v) is 2.15. The molecule has 0 bridgehead atoms. The molecule has 1 aromatic rings. The molecule has 0 radical (unpaired) electrons. The van der Waals surface area contributed by atoms with Crippen molar-refractivity contribution < 1.29 is 24.1 Å². The van der Waals surface area contributed by atoms with E-state index in [9.17, 15) is 9.90 Å². The maximum absolute atomic E-state index is 11.5. The van der Waals surface area contributed by atoms with E-state index in [2.05, 4.69) is 4.74 Å². The zero-order chi connectivity index (χ0) is 12.1. The highest BCUT2D eigenvalue weighted by Crippen LogP contribution is 2.30. The number of ether oxygens (including phenoxy) is 3. The third kappa shape index (κ3) is 2.32. The molecule has 16 heavy (non-hydrogen) atoms. The molecule has 1 N–H and O–H groups in total. The normalized spacial score (nSPS) is 10.5. The topological polar surface area (TPSA) is 65.0 Å². The summed E-state index contributed by atoms with van der Waals surface area (Å²) in [6, 6.07) is 4.53. The van der Waals surface area contributed by atoms with Gasteiger partial charge in [-0.1, -0.05) is 6.07 Å². The van der Waals surface area contributed by atoms with Crippen molar-refractivity contribution in [2.45, 2.75) is 6.29 Å². The molecule has 1 rings (SSSR count). The van der Waals surface area contributed by atoms with Crippen molar-refractivity contribution in [3.8, 4) is 5.75 Å². The fourth-order valence-corrected chi connectivity index (χ4v) is 1.42. The van der Waals surface area contributed by atoms with E-state index < -0.39 is 12.3 Å². The van der Waals surface area contributed by atoms with E-state index in [0.717, 1.165) is 0 Å². The molecule has 0 aliphatic heterocycles. The molecule has 0 spiro atoms. The number of hydrogen-bond acceptors (Lipinski definition) is 5. The lowest BCUT2D eigenvalue weighted by Crippen LogP contribution is -2.12. The third-order valence-electron chi connectivity index (χ3n) is 2.15. The van der Waals surface area contributed by atoms with Crippen LogP contribution in [0.3, 0.4) is 0 Å². The highest BCUT2D eigenvalue weighted by molar-refractivity contribution is 5.91. The van der Waals surface area contributed by atoms with Gasteiger partial charge in [0.1, 0.15) is 5.75 Å². The van der Waals surface area contributed by atoms with Gasteiger partial charge in [0, 0.05) is 14.2 Å². The average Bonchev–Trinajstić information content (AvgIpc) is 2.31. The van der Waals surface area contributed by atoms with Crippen LogP contribution in [0.4, 0.5) is 0 Å². The predicted octanol–water partition coefficient (Wildman–Crippen LogP) is 1.47. The smallest absolute Gasteiger partial charge is 0.338 e. The maximum Gasteiger partial charge on any atom is 0.338 e. The van der Waals surface area contributed by atoms with Crippen LogP contribution in [0.15, 0.2) is 18.2 Å². The standard InChI is InChI=1S/C11H14O5/c1-14-10(13)7-5-4-6-8(12)9(7)11(15-2)16-3/h4-6,11-12H,1-3H3. The van der Waals surface area contributed by atoms with E-state index >= 15 is 0 Å². The van der Waals surface area contributed by atoms with Crippen molar-refractivity contribution in [1.82, 2.24) is 0 Å². The molecule has 1 aromatic carbocycles. The van der Waals surface area contributed by atoms with Crippen molar-refractivity contribution >= 4 is 5.97 Å². The van der Waals surface area contributed by atoms with Crippen molar-refractivity contribution in [1.29, 1.82) is 0 Å². The van der Waals surface area contributed by atoms with E-state index in [1.165, 1.54) is 33.5 Å². The lowest BCUT2D eigenvalue weighted by Gasteiger charge is -2.17. The lowest BCUT2D eigenvalue weighted by molar-refractivity contribution is -0.107. The molecule has 0 unspecified atom stereocenters. The molecule has 0 fully saturated rings. The van der Waals surface area contributed by atoms with E-state index in [1.807, 2.05) is 0 Å². The number of phenolic OH excluding ortho intramolecular Hbond substituents is 1. The number of benzene rings is 1. The predicted molar refractivity (Wildman–Crippen MR) is 56.2 cm³/mol. The molecule has 0 heterocycles. The first-order valence-electron chi connectivity index (χ1n) is 4.61. The molecule has 0 amide bonds. The number of esters is 1. The Morgan fingerprint density at radius 2 is 1.88 bits per heavy atom. The lowest BCUT2D eigenvalue weighted by atomic mass is 10.1. The van der Waals surface area contributed by atoms with E-state index in [4.69, 9.17) is 9.47 Å². The van der Waals surface area contributed by atoms with Crippen molar-refractivity contribution in [2.24, 2.45) is 0 Å². The van der Waals surface area contributed by atoms with Crippen LogP contribution < -0.4 is 0 Å². The first-order valence-corrected chi connectivity index (χ1v) is 4.61. The number of aromatic hydroxyl groups is 1. The van der Waals surface area contributed by atoms with Crippen LogP contribution >= 0.6 is 0 Å². The molecule has 0 saturated heterocycles. The van der Waals surface area contributed by atoms with Gasteiger partial charge in [-0.2, -0.15) is 0 Å². The Morgan fingerprint density at radius 3 is 2.38 bits per heavy atom. The molecule has 0 aliphatic rings. The second-order valence-electron chi connectivity index (χ2n) is 3.03. The molecule has 0 aromatic heterocycles. The number of rotatable bonds is 4. The largest absolute Gasteiger partial charge is 0.507 e. The molecule has 5 nitrogen and oxygen atoms in total. The Kier molecular flexibility index (Phi) is 4.28. The summed E-state index contributed by atoms with van der Waals surface area (Å²) in [7, 11) is 4.11. The van der Waals surface area contributed by atoms with Gasteiger partial charge in [0.15, 0.2) is 6.29 Å². The summed E-state index contributed by atoms with van der Waals surface area (Å²) in [5, 5.41) is 9.70. The van der Waals surface area contributed by atoms with Gasteiger partial charge in [-0.15, -0.1) is 0 Å². The molecule has 88 valence electrons. The molecule has 0 atom stereocenters. The minimum Gasteiger partial charge on any atom is -0.507 e. The summed E-state index contributed by atoms with van der Waals surface area (Å²) in [5.74, 6) is -0.624. The SMILES string of the molecule is COC(=O)c1cccc(O)c1C(OC)OC. The van der Waals surface area contributed by atoms with Crippen LogP contribution in [0.25, 0.3) is 0 Å². The fraction of sp³-hybridized carbons (Fsp3) is 0.364. The zero-order valence-corrected chi connectivity index (χ0v) is 9.39. The van der Waals surface area contributed by atoms with Crippen molar-refractivity contribution in [3.63, 3.8) is 0 Å². The van der Waals surface area contributed by atoms with Crippen molar-refractivity contribution in [3.05, 3.63) is 29.3 Å². The number of phenols is 1. The van der Waals surface area contributed by atoms with E-state index in [0.29, 0.717) is 0 Å². The number of carbonyl (C=O) groups excluding carboxylic acids is 1. The summed E-state index contributed by atoms with van der Waals surface area (Å²) >= 11 is 0. The summed E-state index contributed by atoms with van der Waals surface area (Å²) in [5.41, 5.74) is 0.482. The number of carbonyl (C=O) groups is 1. The minimum absolute atomic E-state index is 0.0726. The molecule has 0 saturated carbocycles. The quantitative estimate of drug-likeness (QED) is 0.622. The van der Waals surface area contributed by atoms with Crippen LogP contribution in [0.1, 0.15) is 22.2 Å². The molecular formula is C11H14O5. The van der Waals surface area contributed by atoms with Gasteiger partial charge in [-0.05, 0) is 12.1 Å². The van der Waals surface area contributed by atoms with Gasteiger partial charge in [-0.3, -0.25) is 0 Å². The highest BCUT2D eigenvalue weighted by Gasteiger charge is 2.22. The van der Waals surface area contributed by atoms with Crippen LogP contribution in [0.5, 0.6) is 5.75 Å². The Hall–Kier alpha value is -1.59. The average molecular weight is 226 g/mol. The van der Waals surface area contributed by atoms with Crippen LogP contribution in [-0.2, 0) is 14.2 Å². The first kappa shape index (κ1) is 12.5. The van der Waals surface area contributed by atoms with Gasteiger partial charge in [0.2, 0.25) is 0 Å². The summed E-state index contributed by atoms with van der Waals surface area (Å²) in [6.07, 6.45) is -0.810. The monoisotopic (exact) mass is 226 g/mol. The summed E-state index contributed by atoms with van der Waals surface area (Å²) < 4.78 is 14.6. The number of hydrogen-bond donors (Lipinski definition) is 1. The van der Waals surface area contributed by atoms with Crippen LogP contribution in [-0.4, -0.2) is 32.4 Å². The minimum atomic E-state index is -0.810. The summed E-state index contributed by atoms with van der Waals surface area (Å²) in [4.78, 5) is 11.5. The fourth-order valence-electron chi connectivity index (χ4n) is 1.42. The van der Waals surface area contributed by atoms with Gasteiger partial charge in [0.25, 0.3) is 0 Å². The number of methoxy groups -OCH3 is 3. The van der Waals surface area contributed by atoms with Gasteiger partial charge in [-0.25, -0.2) is 4.79 Å². The Morgan fingerprint density at radius 1 is 1.25 bits per heavy atom. The second-order valence-corrected chi connectivity index (χ2v) is 3.03. The van der Waals surface area contributed by atoms with E-state index in [1.54, 1.807) is 6.07 Å². The van der Waals surface area contributed by atoms with Gasteiger partial charge < -0.3 is 19.3 Å². The Balaban J connectivity index is 3.27. The highest BCUT2D eigenvalue weighted by atomic mass is 16.7. The van der Waals surface area contributed by atoms with E-state index in [-0.39, 0.29) is 16.9 Å². The Bertz CT molecular complexity index is 371. The van der Waals surface area contributed by atoms with Crippen molar-refractivity contribution in [2.75, 3.05) is 21.3 Å². The first-order chi connectivity index (χ1) is 7.65. The Labute approximate surface area is 93.6 Å². The van der Waals surface area contributed by atoms with Crippen LogP contribution in [0, 0.1) is 0 Å². The van der Waals surface area contributed by atoms with Crippen LogP contribution in [0.2, 0.25) is 0 Å². The maximum atomic E-state index is 11.5. The zero-order valence-electron chi connectivity index (χ0n) is 9.39. The summed E-state index contributed by atoms with van der Waals surface area (Å²) in [6.45, 7) is 0. The molecule has 5 heteroatoms.